The molecule has 0 fully saturated rings. The third-order valence-corrected chi connectivity index (χ3v) is 5.84. The molecule has 5 heterocycles. The summed E-state index contributed by atoms with van der Waals surface area (Å²) in [6.45, 7) is 3.29. The van der Waals surface area contributed by atoms with Gasteiger partial charge in [-0.1, -0.05) is 0 Å². The predicted molar refractivity (Wildman–Crippen MR) is 139 cm³/mol. The maximum atomic E-state index is 5.85. The lowest BCUT2D eigenvalue weighted by Crippen LogP contribution is -2.22. The van der Waals surface area contributed by atoms with Crippen molar-refractivity contribution in [1.29, 1.82) is 0 Å². The zero-order chi connectivity index (χ0) is 24.4. The number of aromatic nitrogens is 7. The Morgan fingerprint density at radius 1 is 1.11 bits per heavy atom. The number of pyridine rings is 2. The van der Waals surface area contributed by atoms with E-state index in [2.05, 4.69) is 36.3 Å². The quantitative estimate of drug-likeness (QED) is 0.315. The van der Waals surface area contributed by atoms with Gasteiger partial charge >= 0.3 is 0 Å². The lowest BCUT2D eigenvalue weighted by atomic mass is 10.1. The number of aryl methyl sites for hydroxylation is 2. The van der Waals surface area contributed by atoms with E-state index in [1.807, 2.05) is 70.2 Å². The van der Waals surface area contributed by atoms with Crippen LogP contribution in [-0.4, -0.2) is 54.8 Å². The van der Waals surface area contributed by atoms with Gasteiger partial charge in [0.2, 0.25) is 5.95 Å². The van der Waals surface area contributed by atoms with E-state index in [-0.39, 0.29) is 0 Å². The summed E-state index contributed by atoms with van der Waals surface area (Å²) in [5, 5.41) is 8.37. The van der Waals surface area contributed by atoms with E-state index < -0.39 is 0 Å². The largest absolute Gasteiger partial charge is 0.357 e. The molecule has 5 aromatic rings. The molecule has 35 heavy (non-hydrogen) atoms. The predicted octanol–water partition coefficient (Wildman–Crippen LogP) is 3.65. The molecular formula is C25H28N10. The Hall–Kier alpha value is -4.31. The molecule has 10 heteroatoms. The molecular weight excluding hydrogens is 440 g/mol. The number of fused-ring (bicyclic) bond motifs is 1. The van der Waals surface area contributed by atoms with Crippen molar-refractivity contribution in [2.24, 2.45) is 12.8 Å². The van der Waals surface area contributed by atoms with E-state index in [0.29, 0.717) is 12.5 Å². The van der Waals surface area contributed by atoms with Crippen molar-refractivity contribution >= 4 is 28.5 Å². The number of nitrogens with zero attached hydrogens (tertiary/aromatic N) is 7. The second-order valence-corrected chi connectivity index (χ2v) is 8.36. The number of H-pyrrole nitrogens is 1. The molecule has 0 bridgehead atoms. The number of hydrogen-bond donors (Lipinski definition) is 3. The smallest absolute Gasteiger partial charge is 0.224 e. The zero-order valence-electron chi connectivity index (χ0n) is 20.0. The SMILES string of the molecule is CNc1nc(-c2c[nH]c3ncc(-c4cnn(C)c4)cc23)cc(N(CCCN)c2ccnc(C)c2)n1. The van der Waals surface area contributed by atoms with E-state index in [4.69, 9.17) is 15.7 Å². The monoisotopic (exact) mass is 468 g/mol. The molecule has 5 aromatic heterocycles. The molecule has 0 spiro atoms. The number of nitrogens with one attached hydrogen (secondary N) is 2. The highest BCUT2D eigenvalue weighted by atomic mass is 15.2. The van der Waals surface area contributed by atoms with Gasteiger partial charge in [-0.05, 0) is 38.1 Å². The van der Waals surface area contributed by atoms with Gasteiger partial charge in [-0.2, -0.15) is 10.1 Å². The number of anilines is 3. The molecule has 0 aliphatic carbocycles. The molecule has 0 amide bonds. The number of nitrogens with two attached hydrogens (primary N) is 1. The number of aromatic amines is 1. The first-order chi connectivity index (χ1) is 17.1. The molecule has 5 rings (SSSR count). The van der Waals surface area contributed by atoms with Crippen molar-refractivity contribution in [3.63, 3.8) is 0 Å². The van der Waals surface area contributed by atoms with E-state index >= 15 is 0 Å². The van der Waals surface area contributed by atoms with Crippen LogP contribution in [0, 0.1) is 6.92 Å². The fourth-order valence-electron chi connectivity index (χ4n) is 4.09. The van der Waals surface area contributed by atoms with Crippen molar-refractivity contribution in [3.05, 3.63) is 60.9 Å². The van der Waals surface area contributed by atoms with E-state index in [1.54, 1.807) is 4.68 Å². The summed E-state index contributed by atoms with van der Waals surface area (Å²) in [4.78, 5) is 24.0. The molecule has 0 aliphatic heterocycles. The highest BCUT2D eigenvalue weighted by Crippen LogP contribution is 2.33. The first-order valence-electron chi connectivity index (χ1n) is 11.5. The molecule has 178 valence electrons. The van der Waals surface area contributed by atoms with Crippen LogP contribution in [0.3, 0.4) is 0 Å². The van der Waals surface area contributed by atoms with Crippen molar-refractivity contribution in [2.45, 2.75) is 13.3 Å². The summed E-state index contributed by atoms with van der Waals surface area (Å²) >= 11 is 0. The normalized spacial score (nSPS) is 11.2. The maximum absolute atomic E-state index is 5.85. The zero-order valence-corrected chi connectivity index (χ0v) is 20.0. The van der Waals surface area contributed by atoms with Crippen LogP contribution in [0.25, 0.3) is 33.4 Å². The Bertz CT molecular complexity index is 1470. The first kappa shape index (κ1) is 22.5. The van der Waals surface area contributed by atoms with Crippen LogP contribution < -0.4 is 16.0 Å². The number of rotatable bonds is 8. The Labute approximate surface area is 203 Å². The van der Waals surface area contributed by atoms with Crippen LogP contribution in [0.15, 0.2) is 55.2 Å². The lowest BCUT2D eigenvalue weighted by Gasteiger charge is -2.24. The highest BCUT2D eigenvalue weighted by Gasteiger charge is 2.17. The molecule has 0 saturated carbocycles. The molecule has 0 radical (unpaired) electrons. The van der Waals surface area contributed by atoms with Gasteiger partial charge < -0.3 is 20.9 Å². The second kappa shape index (κ2) is 9.51. The van der Waals surface area contributed by atoms with E-state index in [9.17, 15) is 0 Å². The summed E-state index contributed by atoms with van der Waals surface area (Å²) in [6.07, 6.45) is 10.2. The average Bonchev–Trinajstić information content (AvgIpc) is 3.50. The summed E-state index contributed by atoms with van der Waals surface area (Å²) in [5.41, 5.74) is 12.3. The fourth-order valence-corrected chi connectivity index (χ4v) is 4.09. The van der Waals surface area contributed by atoms with Gasteiger partial charge in [-0.15, -0.1) is 0 Å². The maximum Gasteiger partial charge on any atom is 0.224 e. The van der Waals surface area contributed by atoms with Gasteiger partial charge in [-0.3, -0.25) is 9.67 Å². The van der Waals surface area contributed by atoms with Crippen molar-refractivity contribution < 1.29 is 0 Å². The summed E-state index contributed by atoms with van der Waals surface area (Å²) in [7, 11) is 3.72. The highest BCUT2D eigenvalue weighted by molar-refractivity contribution is 5.95. The third-order valence-electron chi connectivity index (χ3n) is 5.84. The molecule has 10 nitrogen and oxygen atoms in total. The minimum absolute atomic E-state index is 0.534. The molecule has 0 unspecified atom stereocenters. The Morgan fingerprint density at radius 3 is 2.74 bits per heavy atom. The number of hydrogen-bond acceptors (Lipinski definition) is 8. The van der Waals surface area contributed by atoms with E-state index in [1.165, 1.54) is 0 Å². The summed E-state index contributed by atoms with van der Waals surface area (Å²) in [5.74, 6) is 1.32. The molecule has 0 saturated heterocycles. The lowest BCUT2D eigenvalue weighted by molar-refractivity contribution is 0.768. The van der Waals surface area contributed by atoms with Gasteiger partial charge in [0.05, 0.1) is 11.9 Å². The van der Waals surface area contributed by atoms with Crippen LogP contribution in [0.1, 0.15) is 12.1 Å². The van der Waals surface area contributed by atoms with E-state index in [0.717, 1.165) is 63.6 Å². The van der Waals surface area contributed by atoms with Crippen LogP contribution >= 0.6 is 0 Å². The minimum Gasteiger partial charge on any atom is -0.357 e. The van der Waals surface area contributed by atoms with Crippen LogP contribution in [-0.2, 0) is 7.05 Å². The Kier molecular flexibility index (Phi) is 6.11. The Balaban J connectivity index is 1.62. The standard InChI is InChI=1S/C25H28N10/c1-16-9-19(5-7-28-16)35(8-4-6-26)23-11-22(32-25(27-2)33-23)21-14-30-24-20(21)10-17(12-29-24)18-13-31-34(3)15-18/h5,7,9-15H,4,6,8,26H2,1-3H3,(H,29,30)(H,27,32,33). The van der Waals surface area contributed by atoms with Gasteiger partial charge in [-0.25, -0.2) is 9.97 Å². The average molecular weight is 469 g/mol. The van der Waals surface area contributed by atoms with Gasteiger partial charge in [0.15, 0.2) is 0 Å². The Morgan fingerprint density at radius 2 is 2.00 bits per heavy atom. The van der Waals surface area contributed by atoms with Crippen LogP contribution in [0.2, 0.25) is 0 Å². The fraction of sp³-hybridized carbons (Fsp3) is 0.240. The first-order valence-corrected chi connectivity index (χ1v) is 11.5. The molecule has 0 atom stereocenters. The summed E-state index contributed by atoms with van der Waals surface area (Å²) < 4.78 is 1.78. The van der Waals surface area contributed by atoms with Gasteiger partial charge in [0.1, 0.15) is 11.5 Å². The molecule has 0 aromatic carbocycles. The summed E-state index contributed by atoms with van der Waals surface area (Å²) in [6, 6.07) is 8.16. The van der Waals surface area contributed by atoms with Crippen molar-refractivity contribution in [2.75, 3.05) is 30.4 Å². The van der Waals surface area contributed by atoms with Crippen LogP contribution in [0.5, 0.6) is 0 Å². The van der Waals surface area contributed by atoms with Gasteiger partial charge in [0.25, 0.3) is 0 Å². The topological polar surface area (TPSA) is 126 Å². The third kappa shape index (κ3) is 4.56. The molecule has 0 aliphatic rings. The van der Waals surface area contributed by atoms with Gasteiger partial charge in [0, 0.05) is 85.0 Å². The van der Waals surface area contributed by atoms with Crippen molar-refractivity contribution in [3.8, 4) is 22.4 Å². The minimum atomic E-state index is 0.534. The van der Waals surface area contributed by atoms with Crippen LogP contribution in [0.4, 0.5) is 17.5 Å². The van der Waals surface area contributed by atoms with Crippen molar-refractivity contribution in [1.82, 2.24) is 34.7 Å². The molecule has 4 N–H and O–H groups in total. The second-order valence-electron chi connectivity index (χ2n) is 8.36.